The number of amides is 2. The van der Waals surface area contributed by atoms with Crippen LogP contribution in [0.25, 0.3) is 0 Å². The lowest BCUT2D eigenvalue weighted by atomic mass is 10.4. The van der Waals surface area contributed by atoms with Gasteiger partial charge >= 0.3 is 12.0 Å². The normalized spacial score (nSPS) is 17.2. The number of hydrogen-bond acceptors (Lipinski definition) is 5. The number of rotatable bonds is 2. The van der Waals surface area contributed by atoms with Crippen molar-refractivity contribution in [2.24, 2.45) is 0 Å². The molecule has 112 valence electrons. The van der Waals surface area contributed by atoms with Gasteiger partial charge in [-0.05, 0) is 13.8 Å². The van der Waals surface area contributed by atoms with Gasteiger partial charge in [0.15, 0.2) is 0 Å². The summed E-state index contributed by atoms with van der Waals surface area (Å²) in [5.74, 6) is 0.655. The lowest BCUT2D eigenvalue weighted by Gasteiger charge is -2.32. The van der Waals surface area contributed by atoms with E-state index in [1.165, 1.54) is 15.5 Å². The molecule has 0 aromatic carbocycles. The van der Waals surface area contributed by atoms with E-state index in [9.17, 15) is 13.2 Å². The summed E-state index contributed by atoms with van der Waals surface area (Å²) >= 11 is 0. The molecule has 8 nitrogen and oxygen atoms in total. The van der Waals surface area contributed by atoms with Crippen LogP contribution in [-0.2, 0) is 10.0 Å². The highest BCUT2D eigenvalue weighted by molar-refractivity contribution is 7.88. The van der Waals surface area contributed by atoms with Crippen LogP contribution in [-0.4, -0.2) is 61.1 Å². The molecular formula is C11H18N4O4S. The molecule has 9 heteroatoms. The Morgan fingerprint density at radius 2 is 1.85 bits per heavy atom. The van der Waals surface area contributed by atoms with Crippen LogP contribution in [0.5, 0.6) is 0 Å². The number of nitrogens with one attached hydrogen (secondary N) is 1. The monoisotopic (exact) mass is 302 g/mol. The van der Waals surface area contributed by atoms with Gasteiger partial charge in [0.05, 0.1) is 11.9 Å². The van der Waals surface area contributed by atoms with Gasteiger partial charge in [-0.25, -0.2) is 13.2 Å². The molecule has 1 saturated heterocycles. The summed E-state index contributed by atoms with van der Waals surface area (Å²) in [7, 11) is -3.19. The van der Waals surface area contributed by atoms with E-state index in [4.69, 9.17) is 4.42 Å². The Morgan fingerprint density at radius 1 is 1.25 bits per heavy atom. The minimum Gasteiger partial charge on any atom is -0.428 e. The van der Waals surface area contributed by atoms with Gasteiger partial charge in [0, 0.05) is 26.2 Å². The fourth-order valence-electron chi connectivity index (χ4n) is 1.92. The summed E-state index contributed by atoms with van der Waals surface area (Å²) < 4.78 is 29.4. The van der Waals surface area contributed by atoms with E-state index in [1.54, 1.807) is 13.8 Å². The molecular weight excluding hydrogens is 284 g/mol. The average Bonchev–Trinajstić information content (AvgIpc) is 2.67. The van der Waals surface area contributed by atoms with Gasteiger partial charge in [-0.1, -0.05) is 0 Å². The molecule has 1 N–H and O–H groups in total. The van der Waals surface area contributed by atoms with E-state index >= 15 is 0 Å². The van der Waals surface area contributed by atoms with Crippen molar-refractivity contribution in [3.05, 3.63) is 11.5 Å². The summed E-state index contributed by atoms with van der Waals surface area (Å²) in [6.07, 6.45) is 1.17. The van der Waals surface area contributed by atoms with Crippen LogP contribution in [0.4, 0.5) is 10.8 Å². The first-order valence-corrected chi connectivity index (χ1v) is 8.07. The molecule has 0 spiro atoms. The largest absolute Gasteiger partial charge is 0.428 e. The Bertz CT molecular complexity index is 582. The number of anilines is 1. The van der Waals surface area contributed by atoms with Crippen molar-refractivity contribution in [1.29, 1.82) is 0 Å². The molecule has 2 rings (SSSR count). The Hall–Kier alpha value is -1.61. The molecule has 2 amide bonds. The molecule has 1 aliphatic rings. The molecule has 0 atom stereocenters. The third-order valence-corrected chi connectivity index (χ3v) is 4.54. The second-order valence-corrected chi connectivity index (χ2v) is 6.72. The first-order valence-electron chi connectivity index (χ1n) is 6.22. The number of sulfonamides is 1. The van der Waals surface area contributed by atoms with Crippen molar-refractivity contribution in [3.63, 3.8) is 0 Å². The number of oxazole rings is 1. The Morgan fingerprint density at radius 3 is 2.30 bits per heavy atom. The summed E-state index contributed by atoms with van der Waals surface area (Å²) in [4.78, 5) is 17.6. The zero-order chi connectivity index (χ0) is 14.9. The number of urea groups is 1. The fraction of sp³-hybridized carbons (Fsp3) is 0.636. The minimum absolute atomic E-state index is 0.163. The van der Waals surface area contributed by atoms with E-state index in [2.05, 4.69) is 10.3 Å². The van der Waals surface area contributed by atoms with Crippen LogP contribution in [0.15, 0.2) is 4.42 Å². The number of carbonyl (C=O) groups is 1. The number of carbonyl (C=O) groups excluding carboxylic acids is 1. The maximum atomic E-state index is 12.0. The quantitative estimate of drug-likeness (QED) is 0.853. The number of aryl methyl sites for hydroxylation is 2. The van der Waals surface area contributed by atoms with E-state index in [1.807, 2.05) is 0 Å². The van der Waals surface area contributed by atoms with E-state index in [0.717, 1.165) is 5.69 Å². The number of piperazine rings is 1. The van der Waals surface area contributed by atoms with Gasteiger partial charge in [0.25, 0.3) is 0 Å². The zero-order valence-electron chi connectivity index (χ0n) is 11.7. The average molecular weight is 302 g/mol. The zero-order valence-corrected chi connectivity index (χ0v) is 12.5. The lowest BCUT2D eigenvalue weighted by molar-refractivity contribution is 0.184. The van der Waals surface area contributed by atoms with Gasteiger partial charge < -0.3 is 9.32 Å². The van der Waals surface area contributed by atoms with Gasteiger partial charge in [-0.3, -0.25) is 5.32 Å². The van der Waals surface area contributed by atoms with Gasteiger partial charge in [0.1, 0.15) is 5.76 Å². The Balaban J connectivity index is 1.92. The predicted molar refractivity (Wildman–Crippen MR) is 73.0 cm³/mol. The highest BCUT2D eigenvalue weighted by Gasteiger charge is 2.26. The molecule has 1 aromatic heterocycles. The summed E-state index contributed by atoms with van der Waals surface area (Å²) in [5.41, 5.74) is 0.724. The van der Waals surface area contributed by atoms with Crippen LogP contribution in [0.3, 0.4) is 0 Å². The number of aromatic nitrogens is 1. The first kappa shape index (κ1) is 14.8. The van der Waals surface area contributed by atoms with E-state index < -0.39 is 10.0 Å². The molecule has 0 unspecified atom stereocenters. The molecule has 0 saturated carbocycles. The lowest BCUT2D eigenvalue weighted by Crippen LogP contribution is -2.51. The SMILES string of the molecule is Cc1nc(NC(=O)N2CCN(S(C)(=O)=O)CC2)oc1C. The van der Waals surface area contributed by atoms with Crippen LogP contribution in [0, 0.1) is 13.8 Å². The van der Waals surface area contributed by atoms with E-state index in [0.29, 0.717) is 31.9 Å². The van der Waals surface area contributed by atoms with Crippen molar-refractivity contribution in [3.8, 4) is 0 Å². The van der Waals surface area contributed by atoms with Crippen LogP contribution < -0.4 is 5.32 Å². The summed E-state index contributed by atoms with van der Waals surface area (Å²) in [6, 6.07) is -0.171. The Kier molecular flexibility index (Phi) is 4.00. The molecule has 2 heterocycles. The number of hydrogen-bond donors (Lipinski definition) is 1. The van der Waals surface area contributed by atoms with Crippen molar-refractivity contribution < 1.29 is 17.6 Å². The van der Waals surface area contributed by atoms with Gasteiger partial charge in [-0.2, -0.15) is 9.29 Å². The standard InChI is InChI=1S/C11H18N4O4S/c1-8-9(2)19-10(12-8)13-11(16)14-4-6-15(7-5-14)20(3,17)18/h4-7H2,1-3H3,(H,12,13,16). The molecule has 1 fully saturated rings. The molecule has 0 aliphatic carbocycles. The van der Waals surface area contributed by atoms with Crippen LogP contribution in [0.1, 0.15) is 11.5 Å². The summed E-state index contributed by atoms with van der Waals surface area (Å²) in [5, 5.41) is 2.57. The second kappa shape index (κ2) is 5.41. The van der Waals surface area contributed by atoms with E-state index in [-0.39, 0.29) is 12.0 Å². The van der Waals surface area contributed by atoms with Crippen LogP contribution >= 0.6 is 0 Å². The molecule has 0 bridgehead atoms. The van der Waals surface area contributed by atoms with Crippen molar-refractivity contribution in [2.75, 3.05) is 37.8 Å². The third-order valence-electron chi connectivity index (χ3n) is 3.24. The van der Waals surface area contributed by atoms with Crippen molar-refractivity contribution in [2.45, 2.75) is 13.8 Å². The topological polar surface area (TPSA) is 95.8 Å². The summed E-state index contributed by atoms with van der Waals surface area (Å²) in [6.45, 7) is 4.85. The molecule has 0 radical (unpaired) electrons. The predicted octanol–water partition coefficient (Wildman–Crippen LogP) is 0.401. The smallest absolute Gasteiger partial charge is 0.325 e. The molecule has 20 heavy (non-hydrogen) atoms. The maximum absolute atomic E-state index is 12.0. The van der Waals surface area contributed by atoms with Crippen molar-refractivity contribution in [1.82, 2.24) is 14.2 Å². The highest BCUT2D eigenvalue weighted by Crippen LogP contribution is 2.14. The van der Waals surface area contributed by atoms with Gasteiger partial charge in [-0.15, -0.1) is 0 Å². The number of nitrogens with zero attached hydrogens (tertiary/aromatic N) is 3. The third kappa shape index (κ3) is 3.28. The first-order chi connectivity index (χ1) is 9.27. The molecule has 1 aliphatic heterocycles. The molecule has 1 aromatic rings. The van der Waals surface area contributed by atoms with Crippen LogP contribution in [0.2, 0.25) is 0 Å². The second-order valence-electron chi connectivity index (χ2n) is 4.74. The Labute approximate surface area is 117 Å². The van der Waals surface area contributed by atoms with Gasteiger partial charge in [0.2, 0.25) is 10.0 Å². The fourth-order valence-corrected chi connectivity index (χ4v) is 2.75. The minimum atomic E-state index is -3.19. The maximum Gasteiger partial charge on any atom is 0.325 e. The highest BCUT2D eigenvalue weighted by atomic mass is 32.2. The van der Waals surface area contributed by atoms with Crippen molar-refractivity contribution >= 4 is 22.1 Å².